The molecule has 214 valence electrons. The van der Waals surface area contributed by atoms with Crippen LogP contribution in [-0.2, 0) is 15.8 Å². The highest BCUT2D eigenvalue weighted by molar-refractivity contribution is 5.97. The van der Waals surface area contributed by atoms with Crippen LogP contribution in [0.25, 0.3) is 0 Å². The van der Waals surface area contributed by atoms with Gasteiger partial charge in [0.25, 0.3) is 11.8 Å². The highest BCUT2D eigenvalue weighted by Crippen LogP contribution is 2.29. The summed E-state index contributed by atoms with van der Waals surface area (Å²) in [5.74, 6) is -0.951. The van der Waals surface area contributed by atoms with Gasteiger partial charge in [0.1, 0.15) is 0 Å². The van der Waals surface area contributed by atoms with Crippen molar-refractivity contribution in [3.05, 3.63) is 70.8 Å². The second-order valence-electron chi connectivity index (χ2n) is 10.4. The topological polar surface area (TPSA) is 90.0 Å². The Labute approximate surface area is 231 Å². The van der Waals surface area contributed by atoms with Gasteiger partial charge in [-0.15, -0.1) is 0 Å². The first kappa shape index (κ1) is 29.3. The first-order chi connectivity index (χ1) is 19.0. The highest BCUT2D eigenvalue weighted by Gasteiger charge is 2.32. The number of halogens is 3. The fourth-order valence-electron chi connectivity index (χ4n) is 5.17. The quantitative estimate of drug-likeness (QED) is 0.538. The normalized spacial score (nSPS) is 18.1. The average Bonchev–Trinajstić information content (AvgIpc) is 3.37. The molecular formula is C29H33F3N4O4. The first-order valence-electron chi connectivity index (χ1n) is 13.3. The number of hydrogen-bond donors (Lipinski definition) is 1. The van der Waals surface area contributed by atoms with Gasteiger partial charge in [0, 0.05) is 50.3 Å². The standard InChI is InChI=1S/C29H33F3N4O4/c1-20-5-2-3-8-25(20)28(40)36-13-11-35(12-14-36)26(38)19-34-10-9-21(18-34)15-24(37)17-33-27(39)22-6-4-7-23(16-22)29(30,31)32/h2-8,16,21H,9-15,17-19H2,1H3,(H,33,39). The molecule has 0 spiro atoms. The van der Waals surface area contributed by atoms with Crippen molar-refractivity contribution in [2.75, 3.05) is 52.4 Å². The van der Waals surface area contributed by atoms with Gasteiger partial charge in [-0.3, -0.25) is 24.1 Å². The van der Waals surface area contributed by atoms with Crippen molar-refractivity contribution in [3.63, 3.8) is 0 Å². The SMILES string of the molecule is Cc1ccccc1C(=O)N1CCN(C(=O)CN2CCC(CC(=O)CNC(=O)c3cccc(C(F)(F)F)c3)C2)CC1. The number of Topliss-reactive ketones (excluding diaryl/α,β-unsaturated/α-hetero) is 1. The third-order valence-electron chi connectivity index (χ3n) is 7.44. The summed E-state index contributed by atoms with van der Waals surface area (Å²) >= 11 is 0. The molecule has 2 saturated heterocycles. The lowest BCUT2D eigenvalue weighted by Crippen LogP contribution is -2.52. The van der Waals surface area contributed by atoms with Crippen LogP contribution in [-0.4, -0.2) is 90.6 Å². The number of carbonyl (C=O) groups excluding carboxylic acids is 4. The predicted octanol–water partition coefficient (Wildman–Crippen LogP) is 3.01. The third kappa shape index (κ3) is 7.47. The number of alkyl halides is 3. The van der Waals surface area contributed by atoms with Gasteiger partial charge in [-0.25, -0.2) is 0 Å². The molecule has 1 unspecified atom stereocenters. The first-order valence-corrected chi connectivity index (χ1v) is 13.3. The van der Waals surface area contributed by atoms with E-state index in [1.54, 1.807) is 9.80 Å². The number of benzene rings is 2. The zero-order valence-electron chi connectivity index (χ0n) is 22.4. The van der Waals surface area contributed by atoms with Gasteiger partial charge in [-0.2, -0.15) is 13.2 Å². The second-order valence-corrected chi connectivity index (χ2v) is 10.4. The Balaban J connectivity index is 1.17. The number of nitrogens with one attached hydrogen (secondary N) is 1. The van der Waals surface area contributed by atoms with Crippen LogP contribution in [0.3, 0.4) is 0 Å². The smallest absolute Gasteiger partial charge is 0.345 e. The predicted molar refractivity (Wildman–Crippen MR) is 142 cm³/mol. The van der Waals surface area contributed by atoms with E-state index in [2.05, 4.69) is 5.32 Å². The minimum atomic E-state index is -4.56. The van der Waals surface area contributed by atoms with E-state index in [-0.39, 0.29) is 48.6 Å². The van der Waals surface area contributed by atoms with Gasteiger partial charge in [0.2, 0.25) is 5.91 Å². The minimum Gasteiger partial charge on any atom is -0.345 e. The molecule has 0 radical (unpaired) electrons. The van der Waals surface area contributed by atoms with Crippen molar-refractivity contribution in [2.45, 2.75) is 25.9 Å². The van der Waals surface area contributed by atoms with Crippen molar-refractivity contribution >= 4 is 23.5 Å². The van der Waals surface area contributed by atoms with Crippen molar-refractivity contribution < 1.29 is 32.3 Å². The lowest BCUT2D eigenvalue weighted by atomic mass is 10.0. The van der Waals surface area contributed by atoms with E-state index in [0.717, 1.165) is 30.2 Å². The third-order valence-corrected chi connectivity index (χ3v) is 7.44. The Hall–Kier alpha value is -3.73. The maximum absolute atomic E-state index is 12.9. The largest absolute Gasteiger partial charge is 0.416 e. The summed E-state index contributed by atoms with van der Waals surface area (Å²) in [7, 11) is 0. The number of rotatable bonds is 8. The molecule has 2 heterocycles. The van der Waals surface area contributed by atoms with Crippen LogP contribution in [0, 0.1) is 12.8 Å². The van der Waals surface area contributed by atoms with Crippen LogP contribution in [0.2, 0.25) is 0 Å². The Morgan fingerprint density at radius 2 is 1.62 bits per heavy atom. The summed E-state index contributed by atoms with van der Waals surface area (Å²) in [5, 5.41) is 2.40. The minimum absolute atomic E-state index is 0.0108. The van der Waals surface area contributed by atoms with Crippen molar-refractivity contribution in [3.8, 4) is 0 Å². The van der Waals surface area contributed by atoms with Crippen molar-refractivity contribution in [1.29, 1.82) is 0 Å². The number of hydrogen-bond acceptors (Lipinski definition) is 5. The molecule has 1 atom stereocenters. The van der Waals surface area contributed by atoms with Crippen LogP contribution in [0.5, 0.6) is 0 Å². The monoisotopic (exact) mass is 558 g/mol. The Bertz CT molecular complexity index is 1260. The molecule has 40 heavy (non-hydrogen) atoms. The summed E-state index contributed by atoms with van der Waals surface area (Å²) in [6.45, 7) is 5.01. The molecule has 0 bridgehead atoms. The van der Waals surface area contributed by atoms with Gasteiger partial charge < -0.3 is 15.1 Å². The van der Waals surface area contributed by atoms with Gasteiger partial charge in [-0.1, -0.05) is 24.3 Å². The molecular weight excluding hydrogens is 525 g/mol. The van der Waals surface area contributed by atoms with E-state index in [1.165, 1.54) is 6.07 Å². The Kier molecular flexibility index (Phi) is 9.24. The zero-order chi connectivity index (χ0) is 28.9. The van der Waals surface area contributed by atoms with Crippen LogP contribution in [0.1, 0.15) is 44.7 Å². The van der Waals surface area contributed by atoms with Crippen LogP contribution >= 0.6 is 0 Å². The molecule has 3 amide bonds. The van der Waals surface area contributed by atoms with E-state index >= 15 is 0 Å². The molecule has 2 aliphatic heterocycles. The van der Waals surface area contributed by atoms with Gasteiger partial charge >= 0.3 is 6.18 Å². The van der Waals surface area contributed by atoms with Gasteiger partial charge in [0.15, 0.2) is 5.78 Å². The molecule has 4 rings (SSSR count). The average molecular weight is 559 g/mol. The van der Waals surface area contributed by atoms with Crippen LogP contribution in [0.4, 0.5) is 13.2 Å². The lowest BCUT2D eigenvalue weighted by molar-refractivity contribution is -0.137. The van der Waals surface area contributed by atoms with Crippen molar-refractivity contribution in [1.82, 2.24) is 20.0 Å². The molecule has 2 fully saturated rings. The molecule has 11 heteroatoms. The summed E-state index contributed by atoms with van der Waals surface area (Å²) < 4.78 is 38.6. The highest BCUT2D eigenvalue weighted by atomic mass is 19.4. The number of piperazine rings is 1. The number of carbonyl (C=O) groups is 4. The molecule has 2 aromatic carbocycles. The summed E-state index contributed by atoms with van der Waals surface area (Å²) in [4.78, 5) is 55.9. The summed E-state index contributed by atoms with van der Waals surface area (Å²) in [6, 6.07) is 11.5. The maximum Gasteiger partial charge on any atom is 0.416 e. The molecule has 2 aliphatic rings. The lowest BCUT2D eigenvalue weighted by Gasteiger charge is -2.35. The Morgan fingerprint density at radius 3 is 2.33 bits per heavy atom. The molecule has 2 aromatic rings. The number of ketones is 1. The van der Waals surface area contributed by atoms with Crippen molar-refractivity contribution in [2.24, 2.45) is 5.92 Å². The number of nitrogens with zero attached hydrogens (tertiary/aromatic N) is 3. The molecule has 0 aromatic heterocycles. The summed E-state index contributed by atoms with van der Waals surface area (Å²) in [5.41, 5.74) is 0.514. The maximum atomic E-state index is 12.9. The fourth-order valence-corrected chi connectivity index (χ4v) is 5.17. The Morgan fingerprint density at radius 1 is 0.925 bits per heavy atom. The molecule has 8 nitrogen and oxygen atoms in total. The van der Waals surface area contributed by atoms with E-state index in [9.17, 15) is 32.3 Å². The van der Waals surface area contributed by atoms with E-state index in [0.29, 0.717) is 44.8 Å². The zero-order valence-corrected chi connectivity index (χ0v) is 22.4. The fraction of sp³-hybridized carbons (Fsp3) is 0.448. The molecule has 0 aliphatic carbocycles. The number of amides is 3. The molecule has 0 saturated carbocycles. The van der Waals surface area contributed by atoms with Crippen LogP contribution < -0.4 is 5.32 Å². The molecule has 1 N–H and O–H groups in total. The number of aryl methyl sites for hydroxylation is 1. The van der Waals surface area contributed by atoms with E-state index in [4.69, 9.17) is 0 Å². The van der Waals surface area contributed by atoms with Gasteiger partial charge in [0.05, 0.1) is 18.7 Å². The number of likely N-dealkylation sites (tertiary alicyclic amines) is 1. The van der Waals surface area contributed by atoms with Gasteiger partial charge in [-0.05, 0) is 55.6 Å². The van der Waals surface area contributed by atoms with Crippen LogP contribution in [0.15, 0.2) is 48.5 Å². The second kappa shape index (κ2) is 12.6. The summed E-state index contributed by atoms with van der Waals surface area (Å²) in [6.07, 6.45) is -3.61. The van der Waals surface area contributed by atoms with E-state index < -0.39 is 17.6 Å². The van der Waals surface area contributed by atoms with E-state index in [1.807, 2.05) is 36.1 Å².